The van der Waals surface area contributed by atoms with E-state index in [2.05, 4.69) is 35.7 Å². The van der Waals surface area contributed by atoms with Crippen LogP contribution >= 0.6 is 0 Å². The number of rotatable bonds is 1. The van der Waals surface area contributed by atoms with Crippen LogP contribution in [0.1, 0.15) is 24.8 Å². The summed E-state index contributed by atoms with van der Waals surface area (Å²) in [6.45, 7) is 1.05. The lowest BCUT2D eigenvalue weighted by molar-refractivity contribution is 0.664. The Morgan fingerprint density at radius 1 is 1.20 bits per heavy atom. The quantitative estimate of drug-likeness (QED) is 0.732. The summed E-state index contributed by atoms with van der Waals surface area (Å²) in [5, 5.41) is 3.42. The molecule has 1 atom stereocenters. The largest absolute Gasteiger partial charge is 0.387 e. The second-order valence-electron chi connectivity index (χ2n) is 4.04. The van der Waals surface area contributed by atoms with Gasteiger partial charge in [0.25, 0.3) is 0 Å². The average molecular weight is 202 g/mol. The number of hydrogen-bond acceptors (Lipinski definition) is 2. The summed E-state index contributed by atoms with van der Waals surface area (Å²) in [5.41, 5.74) is 8.50. The summed E-state index contributed by atoms with van der Waals surface area (Å²) in [6, 6.07) is 10.5. The van der Waals surface area contributed by atoms with Crippen LogP contribution in [0.2, 0.25) is 0 Å². The lowest BCUT2D eigenvalue weighted by Crippen LogP contribution is -2.29. The first kappa shape index (κ1) is 10.2. The van der Waals surface area contributed by atoms with Gasteiger partial charge in [0.2, 0.25) is 0 Å². The Balaban J connectivity index is 2.17. The van der Waals surface area contributed by atoms with Crippen LogP contribution in [0.4, 0.5) is 0 Å². The molecule has 1 aliphatic heterocycles. The van der Waals surface area contributed by atoms with E-state index in [1.54, 1.807) is 0 Å². The fourth-order valence-electron chi connectivity index (χ4n) is 1.90. The molecule has 0 aliphatic carbocycles. The van der Waals surface area contributed by atoms with Crippen LogP contribution in [0.3, 0.4) is 0 Å². The zero-order chi connectivity index (χ0) is 10.5. The van der Waals surface area contributed by atoms with E-state index in [-0.39, 0.29) is 6.04 Å². The maximum atomic E-state index is 6.10. The summed E-state index contributed by atoms with van der Waals surface area (Å²) in [4.78, 5) is 0. The molecule has 2 rings (SSSR count). The molecule has 2 heteroatoms. The molecule has 0 amide bonds. The van der Waals surface area contributed by atoms with Crippen molar-refractivity contribution in [2.45, 2.75) is 25.3 Å². The van der Waals surface area contributed by atoms with E-state index in [0.29, 0.717) is 0 Å². The van der Waals surface area contributed by atoms with E-state index in [1.807, 2.05) is 6.07 Å². The Morgan fingerprint density at radius 2 is 2.00 bits per heavy atom. The minimum atomic E-state index is 0.174. The molecule has 80 valence electrons. The highest BCUT2D eigenvalue weighted by atomic mass is 14.9. The molecule has 2 nitrogen and oxygen atoms in total. The van der Waals surface area contributed by atoms with Gasteiger partial charge in [0.15, 0.2) is 0 Å². The van der Waals surface area contributed by atoms with Gasteiger partial charge in [-0.15, -0.1) is 0 Å². The van der Waals surface area contributed by atoms with Crippen LogP contribution in [-0.4, -0.2) is 12.6 Å². The van der Waals surface area contributed by atoms with Gasteiger partial charge in [0.1, 0.15) is 0 Å². The minimum absolute atomic E-state index is 0.174. The predicted octanol–water partition coefficient (Wildman–Crippen LogP) is 2.13. The van der Waals surface area contributed by atoms with Crippen molar-refractivity contribution >= 4 is 6.08 Å². The van der Waals surface area contributed by atoms with Crippen LogP contribution in [0.25, 0.3) is 6.08 Å². The van der Waals surface area contributed by atoms with Gasteiger partial charge in [0.05, 0.1) is 0 Å². The number of benzene rings is 1. The number of nitrogens with one attached hydrogen (secondary N) is 1. The Morgan fingerprint density at radius 3 is 2.80 bits per heavy atom. The number of nitrogens with two attached hydrogens (primary N) is 1. The van der Waals surface area contributed by atoms with Crippen LogP contribution in [0, 0.1) is 0 Å². The molecule has 1 aromatic carbocycles. The van der Waals surface area contributed by atoms with Crippen LogP contribution in [-0.2, 0) is 0 Å². The van der Waals surface area contributed by atoms with Gasteiger partial charge < -0.3 is 11.1 Å². The summed E-state index contributed by atoms with van der Waals surface area (Å²) >= 11 is 0. The molecular formula is C13H18N2. The molecule has 0 saturated carbocycles. The minimum Gasteiger partial charge on any atom is -0.387 e. The molecule has 0 spiro atoms. The van der Waals surface area contributed by atoms with Crippen molar-refractivity contribution in [3.8, 4) is 0 Å². The van der Waals surface area contributed by atoms with Gasteiger partial charge in [-0.3, -0.25) is 0 Å². The van der Waals surface area contributed by atoms with E-state index in [1.165, 1.54) is 24.1 Å². The molecule has 1 fully saturated rings. The first-order valence-electron chi connectivity index (χ1n) is 5.62. The van der Waals surface area contributed by atoms with Crippen LogP contribution in [0.5, 0.6) is 0 Å². The Hall–Kier alpha value is -1.28. The third-order valence-electron chi connectivity index (χ3n) is 2.79. The molecule has 3 N–H and O–H groups in total. The first-order chi connectivity index (χ1) is 7.36. The van der Waals surface area contributed by atoms with E-state index in [9.17, 15) is 0 Å². The maximum Gasteiger partial charge on any atom is 0.0444 e. The Bertz CT molecular complexity index is 330. The number of hydrogen-bond donors (Lipinski definition) is 2. The summed E-state index contributed by atoms with van der Waals surface area (Å²) < 4.78 is 0. The SMILES string of the molecule is NC1CCCCN/C1=C\c1ccccc1. The van der Waals surface area contributed by atoms with E-state index in [4.69, 9.17) is 5.73 Å². The fourth-order valence-corrected chi connectivity index (χ4v) is 1.90. The zero-order valence-corrected chi connectivity index (χ0v) is 8.95. The smallest absolute Gasteiger partial charge is 0.0444 e. The molecule has 1 heterocycles. The standard InChI is InChI=1S/C13H18N2/c14-12-8-4-5-9-15-13(12)10-11-6-2-1-3-7-11/h1-3,6-7,10,12,15H,4-5,8-9,14H2/b13-10-. The van der Waals surface area contributed by atoms with Crippen molar-refractivity contribution in [1.82, 2.24) is 5.32 Å². The van der Waals surface area contributed by atoms with Gasteiger partial charge in [-0.1, -0.05) is 30.3 Å². The highest BCUT2D eigenvalue weighted by Crippen LogP contribution is 2.13. The van der Waals surface area contributed by atoms with Gasteiger partial charge >= 0.3 is 0 Å². The van der Waals surface area contributed by atoms with Crippen molar-refractivity contribution in [1.29, 1.82) is 0 Å². The highest BCUT2D eigenvalue weighted by molar-refractivity contribution is 5.53. The molecule has 0 aromatic heterocycles. The zero-order valence-electron chi connectivity index (χ0n) is 8.95. The second-order valence-corrected chi connectivity index (χ2v) is 4.04. The molecule has 0 bridgehead atoms. The van der Waals surface area contributed by atoms with E-state index in [0.717, 1.165) is 13.0 Å². The summed E-state index contributed by atoms with van der Waals surface area (Å²) in [7, 11) is 0. The maximum absolute atomic E-state index is 6.10. The second kappa shape index (κ2) is 4.99. The highest BCUT2D eigenvalue weighted by Gasteiger charge is 2.11. The first-order valence-corrected chi connectivity index (χ1v) is 5.62. The van der Waals surface area contributed by atoms with Crippen LogP contribution in [0.15, 0.2) is 36.0 Å². The Labute approximate surface area is 91.2 Å². The molecular weight excluding hydrogens is 184 g/mol. The third-order valence-corrected chi connectivity index (χ3v) is 2.79. The Kier molecular flexibility index (Phi) is 3.41. The van der Waals surface area contributed by atoms with Crippen molar-refractivity contribution in [3.63, 3.8) is 0 Å². The van der Waals surface area contributed by atoms with E-state index < -0.39 is 0 Å². The lowest BCUT2D eigenvalue weighted by Gasteiger charge is -2.13. The molecule has 1 aliphatic rings. The predicted molar refractivity (Wildman–Crippen MR) is 64.2 cm³/mol. The van der Waals surface area contributed by atoms with Crippen LogP contribution < -0.4 is 11.1 Å². The van der Waals surface area contributed by atoms with Crippen molar-refractivity contribution in [2.75, 3.05) is 6.54 Å². The molecule has 1 aromatic rings. The lowest BCUT2D eigenvalue weighted by atomic mass is 10.1. The van der Waals surface area contributed by atoms with Crippen molar-refractivity contribution < 1.29 is 0 Å². The summed E-state index contributed by atoms with van der Waals surface area (Å²) in [5.74, 6) is 0. The topological polar surface area (TPSA) is 38.0 Å². The van der Waals surface area contributed by atoms with Gasteiger partial charge in [-0.25, -0.2) is 0 Å². The summed E-state index contributed by atoms with van der Waals surface area (Å²) in [6.07, 6.45) is 5.70. The van der Waals surface area contributed by atoms with Gasteiger partial charge in [-0.05, 0) is 30.9 Å². The van der Waals surface area contributed by atoms with E-state index >= 15 is 0 Å². The van der Waals surface area contributed by atoms with Gasteiger partial charge in [-0.2, -0.15) is 0 Å². The average Bonchev–Trinajstić information content (AvgIpc) is 2.46. The molecule has 1 unspecified atom stereocenters. The fraction of sp³-hybridized carbons (Fsp3) is 0.385. The molecule has 1 saturated heterocycles. The monoisotopic (exact) mass is 202 g/mol. The molecule has 0 radical (unpaired) electrons. The van der Waals surface area contributed by atoms with Crippen molar-refractivity contribution in [3.05, 3.63) is 41.6 Å². The van der Waals surface area contributed by atoms with Crippen molar-refractivity contribution in [2.24, 2.45) is 5.73 Å². The normalized spacial score (nSPS) is 24.6. The molecule has 15 heavy (non-hydrogen) atoms. The van der Waals surface area contributed by atoms with Gasteiger partial charge in [0, 0.05) is 18.3 Å². The third kappa shape index (κ3) is 2.83.